The zero-order valence-corrected chi connectivity index (χ0v) is 11.9. The van der Waals surface area contributed by atoms with Crippen molar-refractivity contribution >= 4 is 13.8 Å². The Kier molecular flexibility index (Phi) is 3.56. The molecule has 0 spiro atoms. The van der Waals surface area contributed by atoms with Crippen LogP contribution < -0.4 is 0 Å². The molecular formula is C15H19BO4. The van der Waals surface area contributed by atoms with E-state index in [0.717, 1.165) is 12.0 Å². The maximum absolute atomic E-state index is 12.4. The number of esters is 1. The molecule has 4 nitrogen and oxygen atoms in total. The summed E-state index contributed by atoms with van der Waals surface area (Å²) in [6, 6.07) is 9.66. The van der Waals surface area contributed by atoms with Crippen LogP contribution in [0.25, 0.3) is 0 Å². The lowest BCUT2D eigenvalue weighted by Crippen LogP contribution is -2.40. The van der Waals surface area contributed by atoms with Gasteiger partial charge in [0.15, 0.2) is 0 Å². The van der Waals surface area contributed by atoms with E-state index in [4.69, 9.17) is 14.2 Å². The van der Waals surface area contributed by atoms with Crippen LogP contribution in [0.1, 0.15) is 18.9 Å². The third-order valence-corrected chi connectivity index (χ3v) is 4.38. The Labute approximate surface area is 119 Å². The van der Waals surface area contributed by atoms with E-state index in [1.165, 1.54) is 0 Å². The number of rotatable bonds is 4. The van der Waals surface area contributed by atoms with Gasteiger partial charge in [-0.25, -0.2) is 0 Å². The Balaban J connectivity index is 1.68. The zero-order chi connectivity index (χ0) is 14.2. The van der Waals surface area contributed by atoms with Gasteiger partial charge in [0, 0.05) is 0 Å². The second kappa shape index (κ2) is 5.22. The third-order valence-electron chi connectivity index (χ3n) is 4.38. The second-order valence-corrected chi connectivity index (χ2v) is 5.59. The zero-order valence-electron chi connectivity index (χ0n) is 11.9. The summed E-state index contributed by atoms with van der Waals surface area (Å²) in [6.45, 7) is 2.82. The molecule has 1 unspecified atom stereocenters. The standard InChI is InChI=1S/C15H19BO4/c1-2-15-9-19-12(13(16)20-15)11(15)14(17)18-8-10-6-4-3-5-7-10/h3-7,11-13H,2,8-9,16H2,1H3/t11?,12-,13+,15-/m0/s1. The van der Waals surface area contributed by atoms with Crippen LogP contribution in [-0.4, -0.2) is 38.1 Å². The summed E-state index contributed by atoms with van der Waals surface area (Å²) < 4.78 is 17.1. The topological polar surface area (TPSA) is 44.8 Å². The molecule has 0 amide bonds. The number of carbonyl (C=O) groups excluding carboxylic acids is 1. The average molecular weight is 274 g/mol. The van der Waals surface area contributed by atoms with Gasteiger partial charge < -0.3 is 14.2 Å². The lowest BCUT2D eigenvalue weighted by Gasteiger charge is -2.29. The van der Waals surface area contributed by atoms with Crippen LogP contribution in [0.15, 0.2) is 30.3 Å². The van der Waals surface area contributed by atoms with Crippen molar-refractivity contribution in [2.24, 2.45) is 5.92 Å². The molecule has 1 aromatic rings. The smallest absolute Gasteiger partial charge is 0.315 e. The fraction of sp³-hybridized carbons (Fsp3) is 0.533. The summed E-state index contributed by atoms with van der Waals surface area (Å²) >= 11 is 0. The fourth-order valence-corrected chi connectivity index (χ4v) is 3.25. The van der Waals surface area contributed by atoms with Crippen molar-refractivity contribution in [1.29, 1.82) is 0 Å². The summed E-state index contributed by atoms with van der Waals surface area (Å²) in [5, 5.41) is 0. The molecule has 20 heavy (non-hydrogen) atoms. The van der Waals surface area contributed by atoms with Crippen molar-refractivity contribution in [3.05, 3.63) is 35.9 Å². The summed E-state index contributed by atoms with van der Waals surface area (Å²) in [7, 11) is 1.96. The van der Waals surface area contributed by atoms with Crippen LogP contribution in [0.2, 0.25) is 0 Å². The van der Waals surface area contributed by atoms with Crippen molar-refractivity contribution in [2.45, 2.75) is 37.7 Å². The highest BCUT2D eigenvalue weighted by atomic mass is 16.6. The highest BCUT2D eigenvalue weighted by molar-refractivity contribution is 6.12. The first kappa shape index (κ1) is 13.6. The van der Waals surface area contributed by atoms with Crippen LogP contribution >= 0.6 is 0 Å². The lowest BCUT2D eigenvalue weighted by atomic mass is 9.83. The van der Waals surface area contributed by atoms with E-state index < -0.39 is 5.60 Å². The lowest BCUT2D eigenvalue weighted by molar-refractivity contribution is -0.155. The van der Waals surface area contributed by atoms with E-state index in [2.05, 4.69) is 0 Å². The molecule has 2 aliphatic heterocycles. The van der Waals surface area contributed by atoms with Crippen LogP contribution in [0.5, 0.6) is 0 Å². The molecule has 0 aromatic heterocycles. The molecule has 0 aliphatic carbocycles. The van der Waals surface area contributed by atoms with Crippen molar-refractivity contribution in [1.82, 2.24) is 0 Å². The van der Waals surface area contributed by atoms with Gasteiger partial charge in [0.05, 0.1) is 18.7 Å². The van der Waals surface area contributed by atoms with Crippen molar-refractivity contribution in [3.8, 4) is 0 Å². The molecule has 2 aliphatic rings. The first-order valence-corrected chi connectivity index (χ1v) is 7.16. The molecule has 2 heterocycles. The third kappa shape index (κ3) is 2.15. The molecule has 0 N–H and O–H groups in total. The molecule has 106 valence electrons. The van der Waals surface area contributed by atoms with E-state index in [1.54, 1.807) is 0 Å². The Morgan fingerprint density at radius 3 is 2.85 bits per heavy atom. The minimum atomic E-state index is -0.488. The molecular weight excluding hydrogens is 255 g/mol. The van der Waals surface area contributed by atoms with E-state index in [9.17, 15) is 4.79 Å². The fourth-order valence-electron chi connectivity index (χ4n) is 3.25. The molecule has 0 saturated carbocycles. The van der Waals surface area contributed by atoms with Gasteiger partial charge in [0.2, 0.25) is 0 Å². The maximum Gasteiger partial charge on any atom is 0.315 e. The molecule has 4 atom stereocenters. The van der Waals surface area contributed by atoms with Gasteiger partial charge >= 0.3 is 5.97 Å². The van der Waals surface area contributed by atoms with Crippen LogP contribution in [0.4, 0.5) is 0 Å². The van der Waals surface area contributed by atoms with Gasteiger partial charge in [0.1, 0.15) is 26.0 Å². The molecule has 2 saturated heterocycles. The van der Waals surface area contributed by atoms with Crippen LogP contribution in [0, 0.1) is 5.92 Å². The van der Waals surface area contributed by atoms with Crippen LogP contribution in [0.3, 0.4) is 0 Å². The molecule has 5 heteroatoms. The van der Waals surface area contributed by atoms with Gasteiger partial charge in [-0.15, -0.1) is 0 Å². The normalized spacial score (nSPS) is 35.1. The summed E-state index contributed by atoms with van der Waals surface area (Å²) in [4.78, 5) is 12.4. The Morgan fingerprint density at radius 2 is 2.20 bits per heavy atom. The summed E-state index contributed by atoms with van der Waals surface area (Å²) in [5.74, 6) is -0.506. The van der Waals surface area contributed by atoms with Gasteiger partial charge in [-0.3, -0.25) is 4.79 Å². The molecule has 2 bridgehead atoms. The molecule has 1 aromatic carbocycles. The predicted octanol–water partition coefficient (Wildman–Crippen LogP) is 0.883. The number of carbonyl (C=O) groups is 1. The van der Waals surface area contributed by atoms with Crippen molar-refractivity contribution in [2.75, 3.05) is 6.61 Å². The van der Waals surface area contributed by atoms with Crippen molar-refractivity contribution in [3.63, 3.8) is 0 Å². The Bertz CT molecular complexity index is 492. The largest absolute Gasteiger partial charge is 0.460 e. The monoisotopic (exact) mass is 274 g/mol. The first-order valence-electron chi connectivity index (χ1n) is 7.16. The predicted molar refractivity (Wildman–Crippen MR) is 75.9 cm³/mol. The average Bonchev–Trinajstić information content (AvgIpc) is 2.98. The number of benzene rings is 1. The highest BCUT2D eigenvalue weighted by Gasteiger charge is 2.62. The van der Waals surface area contributed by atoms with E-state index >= 15 is 0 Å². The number of hydrogen-bond acceptors (Lipinski definition) is 4. The van der Waals surface area contributed by atoms with Gasteiger partial charge in [-0.05, 0) is 12.0 Å². The van der Waals surface area contributed by atoms with Gasteiger partial charge in [-0.1, -0.05) is 37.3 Å². The minimum Gasteiger partial charge on any atom is -0.460 e. The van der Waals surface area contributed by atoms with E-state index in [0.29, 0.717) is 13.2 Å². The number of ether oxygens (including phenoxy) is 3. The summed E-state index contributed by atoms with van der Waals surface area (Å²) in [5.41, 5.74) is 0.504. The SMILES string of the molecule is B[C@@H]1O[C@@]2(CC)CO[C@H]1C2C(=O)OCc1ccccc1. The minimum absolute atomic E-state index is 0.0435. The first-order chi connectivity index (χ1) is 9.66. The van der Waals surface area contributed by atoms with E-state index in [1.807, 2.05) is 45.1 Å². The second-order valence-electron chi connectivity index (χ2n) is 5.59. The van der Waals surface area contributed by atoms with Gasteiger partial charge in [0.25, 0.3) is 0 Å². The number of fused-ring (bicyclic) bond motifs is 2. The molecule has 3 rings (SSSR count). The quantitative estimate of drug-likeness (QED) is 0.604. The Morgan fingerprint density at radius 1 is 1.45 bits per heavy atom. The molecule has 2 fully saturated rings. The number of hydrogen-bond donors (Lipinski definition) is 0. The van der Waals surface area contributed by atoms with Crippen molar-refractivity contribution < 1.29 is 19.0 Å². The van der Waals surface area contributed by atoms with Crippen LogP contribution in [-0.2, 0) is 25.6 Å². The highest BCUT2D eigenvalue weighted by Crippen LogP contribution is 2.46. The molecule has 0 radical (unpaired) electrons. The van der Waals surface area contributed by atoms with Gasteiger partial charge in [-0.2, -0.15) is 0 Å². The Hall–Kier alpha value is -1.33. The maximum atomic E-state index is 12.4. The van der Waals surface area contributed by atoms with E-state index in [-0.39, 0.29) is 24.0 Å². The summed E-state index contributed by atoms with van der Waals surface area (Å²) in [6.07, 6.45) is 0.595.